The Kier molecular flexibility index (Phi) is 5.42. The molecule has 1 saturated heterocycles. The topological polar surface area (TPSA) is 34.1 Å². The van der Waals surface area contributed by atoms with E-state index in [1.165, 1.54) is 38.8 Å². The number of rotatable bonds is 6. The Balaban J connectivity index is 1.56. The van der Waals surface area contributed by atoms with Gasteiger partial charge in [-0.3, -0.25) is 0 Å². The van der Waals surface area contributed by atoms with Gasteiger partial charge in [0.2, 0.25) is 0 Å². The molecule has 0 saturated carbocycles. The van der Waals surface area contributed by atoms with E-state index >= 15 is 0 Å². The first-order chi connectivity index (χ1) is 8.36. The summed E-state index contributed by atoms with van der Waals surface area (Å²) in [6.45, 7) is 5.34. The van der Waals surface area contributed by atoms with Crippen molar-refractivity contribution in [3.63, 3.8) is 0 Å². The third-order valence-corrected chi connectivity index (χ3v) is 4.26. The van der Waals surface area contributed by atoms with Gasteiger partial charge in [-0.2, -0.15) is 0 Å². The van der Waals surface area contributed by atoms with Crippen LogP contribution in [0.1, 0.15) is 43.7 Å². The largest absolute Gasteiger partial charge is 0.371 e. The summed E-state index contributed by atoms with van der Waals surface area (Å²) in [4.78, 5) is 4.27. The van der Waals surface area contributed by atoms with E-state index in [1.54, 1.807) is 11.3 Å². The van der Waals surface area contributed by atoms with E-state index in [-0.39, 0.29) is 6.10 Å². The molecule has 2 rings (SSSR count). The summed E-state index contributed by atoms with van der Waals surface area (Å²) in [5.74, 6) is 0.863. The second-order valence-electron chi connectivity index (χ2n) is 4.74. The van der Waals surface area contributed by atoms with Gasteiger partial charge < -0.3 is 10.1 Å². The summed E-state index contributed by atoms with van der Waals surface area (Å²) in [7, 11) is 0. The molecule has 4 heteroatoms. The predicted molar refractivity (Wildman–Crippen MR) is 71.3 cm³/mol. The van der Waals surface area contributed by atoms with Gasteiger partial charge in [-0.15, -0.1) is 11.3 Å². The summed E-state index contributed by atoms with van der Waals surface area (Å²) in [5.41, 5.74) is 0. The molecule has 1 fully saturated rings. The van der Waals surface area contributed by atoms with E-state index in [0.29, 0.717) is 0 Å². The minimum atomic E-state index is 0.152. The fourth-order valence-electron chi connectivity index (χ4n) is 2.31. The molecular formula is C13H22N2OS. The second-order valence-corrected chi connectivity index (χ2v) is 5.66. The molecule has 1 aromatic heterocycles. The number of ether oxygens (including phenoxy) is 1. The van der Waals surface area contributed by atoms with E-state index in [0.717, 1.165) is 17.5 Å². The van der Waals surface area contributed by atoms with Gasteiger partial charge in [0, 0.05) is 18.2 Å². The molecule has 0 aromatic carbocycles. The molecule has 1 N–H and O–H groups in total. The van der Waals surface area contributed by atoms with Crippen LogP contribution < -0.4 is 5.32 Å². The van der Waals surface area contributed by atoms with Gasteiger partial charge >= 0.3 is 0 Å². The lowest BCUT2D eigenvalue weighted by Gasteiger charge is -2.22. The monoisotopic (exact) mass is 254 g/mol. The highest BCUT2D eigenvalue weighted by Crippen LogP contribution is 2.20. The fourth-order valence-corrected chi connectivity index (χ4v) is 2.95. The van der Waals surface area contributed by atoms with Crippen molar-refractivity contribution >= 4 is 11.3 Å². The highest BCUT2D eigenvalue weighted by Gasteiger charge is 2.13. The van der Waals surface area contributed by atoms with Crippen LogP contribution in [0, 0.1) is 5.92 Å². The van der Waals surface area contributed by atoms with Crippen LogP contribution in [0.3, 0.4) is 0 Å². The van der Waals surface area contributed by atoms with Crippen molar-refractivity contribution in [3.8, 4) is 0 Å². The maximum atomic E-state index is 5.80. The van der Waals surface area contributed by atoms with Crippen molar-refractivity contribution in [2.24, 2.45) is 5.92 Å². The van der Waals surface area contributed by atoms with Crippen molar-refractivity contribution in [1.29, 1.82) is 0 Å². The van der Waals surface area contributed by atoms with Gasteiger partial charge in [0.05, 0.1) is 0 Å². The fraction of sp³-hybridized carbons (Fsp3) is 0.769. The zero-order valence-corrected chi connectivity index (χ0v) is 11.3. The molecule has 0 unspecified atom stereocenters. The Hall–Kier alpha value is -0.450. The molecule has 3 nitrogen and oxygen atoms in total. The summed E-state index contributed by atoms with van der Waals surface area (Å²) < 4.78 is 5.80. The average Bonchev–Trinajstić information content (AvgIpc) is 2.89. The van der Waals surface area contributed by atoms with E-state index in [4.69, 9.17) is 4.74 Å². The molecule has 1 aliphatic rings. The molecule has 2 atom stereocenters. The van der Waals surface area contributed by atoms with Crippen molar-refractivity contribution < 1.29 is 4.74 Å². The van der Waals surface area contributed by atoms with Crippen LogP contribution in [-0.2, 0) is 4.74 Å². The molecule has 0 bridgehead atoms. The molecule has 0 radical (unpaired) electrons. The number of thiazole rings is 1. The Labute approximate surface area is 108 Å². The first-order valence-electron chi connectivity index (χ1n) is 6.58. The molecule has 1 aliphatic heterocycles. The van der Waals surface area contributed by atoms with Gasteiger partial charge in [0.15, 0.2) is 0 Å². The van der Waals surface area contributed by atoms with Gasteiger partial charge in [0.1, 0.15) is 11.1 Å². The molecular weight excluding hydrogens is 232 g/mol. The molecule has 17 heavy (non-hydrogen) atoms. The summed E-state index contributed by atoms with van der Waals surface area (Å²) in [5, 5.41) is 6.55. The normalized spacial score (nSPS) is 22.5. The first-order valence-corrected chi connectivity index (χ1v) is 7.46. The smallest absolute Gasteiger partial charge is 0.121 e. The van der Waals surface area contributed by atoms with Crippen LogP contribution in [0.15, 0.2) is 11.6 Å². The van der Waals surface area contributed by atoms with E-state index in [9.17, 15) is 0 Å². The lowest BCUT2D eigenvalue weighted by atomic mass is 9.95. The molecule has 1 aromatic rings. The Morgan fingerprint density at radius 3 is 3.29 bits per heavy atom. The number of aromatic nitrogens is 1. The number of hydrogen-bond donors (Lipinski definition) is 1. The van der Waals surface area contributed by atoms with E-state index in [2.05, 4.69) is 17.2 Å². The number of nitrogens with zero attached hydrogens (tertiary/aromatic N) is 1. The van der Waals surface area contributed by atoms with Crippen molar-refractivity contribution in [3.05, 3.63) is 16.6 Å². The van der Waals surface area contributed by atoms with E-state index < -0.39 is 0 Å². The predicted octanol–water partition coefficient (Wildman–Crippen LogP) is 3.00. The Morgan fingerprint density at radius 2 is 2.59 bits per heavy atom. The zero-order chi connectivity index (χ0) is 11.9. The zero-order valence-electron chi connectivity index (χ0n) is 10.5. The van der Waals surface area contributed by atoms with E-state index in [1.807, 2.05) is 11.6 Å². The summed E-state index contributed by atoms with van der Waals surface area (Å²) in [6, 6.07) is 0. The lowest BCUT2D eigenvalue weighted by Crippen LogP contribution is -2.29. The summed E-state index contributed by atoms with van der Waals surface area (Å²) >= 11 is 1.67. The molecule has 0 aliphatic carbocycles. The van der Waals surface area contributed by atoms with Crippen LogP contribution in [0.25, 0.3) is 0 Å². The van der Waals surface area contributed by atoms with Crippen LogP contribution in [0.2, 0.25) is 0 Å². The maximum Gasteiger partial charge on any atom is 0.121 e. The Bertz CT molecular complexity index is 296. The minimum absolute atomic E-state index is 0.152. The third-order valence-electron chi connectivity index (χ3n) is 3.32. The van der Waals surface area contributed by atoms with Gasteiger partial charge in [-0.05, 0) is 51.6 Å². The van der Waals surface area contributed by atoms with Crippen molar-refractivity contribution in [2.45, 2.75) is 38.7 Å². The number of piperidine rings is 1. The quantitative estimate of drug-likeness (QED) is 0.792. The molecule has 0 amide bonds. The highest BCUT2D eigenvalue weighted by atomic mass is 32.1. The first kappa shape index (κ1) is 13.0. The van der Waals surface area contributed by atoms with Crippen LogP contribution >= 0.6 is 11.3 Å². The van der Waals surface area contributed by atoms with Crippen LogP contribution in [0.5, 0.6) is 0 Å². The van der Waals surface area contributed by atoms with Gasteiger partial charge in [-0.25, -0.2) is 4.98 Å². The van der Waals surface area contributed by atoms with Crippen LogP contribution in [0.4, 0.5) is 0 Å². The molecule has 96 valence electrons. The maximum absolute atomic E-state index is 5.80. The number of hydrogen-bond acceptors (Lipinski definition) is 4. The van der Waals surface area contributed by atoms with Crippen molar-refractivity contribution in [2.75, 3.05) is 19.7 Å². The highest BCUT2D eigenvalue weighted by molar-refractivity contribution is 7.09. The van der Waals surface area contributed by atoms with Gasteiger partial charge in [-0.1, -0.05) is 0 Å². The molecule has 0 spiro atoms. The van der Waals surface area contributed by atoms with Crippen molar-refractivity contribution in [1.82, 2.24) is 10.3 Å². The van der Waals surface area contributed by atoms with Gasteiger partial charge in [0.25, 0.3) is 0 Å². The summed E-state index contributed by atoms with van der Waals surface area (Å²) in [6.07, 6.45) is 7.17. The lowest BCUT2D eigenvalue weighted by molar-refractivity contribution is 0.0600. The Morgan fingerprint density at radius 1 is 1.65 bits per heavy atom. The SMILES string of the molecule is C[C@H](OCCC[C@@H]1CCCNC1)c1nccs1. The third kappa shape index (κ3) is 4.37. The molecule has 2 heterocycles. The van der Waals surface area contributed by atoms with Crippen LogP contribution in [-0.4, -0.2) is 24.7 Å². The second kappa shape index (κ2) is 7.09. The average molecular weight is 254 g/mol. The minimum Gasteiger partial charge on any atom is -0.371 e. The number of nitrogens with one attached hydrogen (secondary N) is 1. The standard InChI is InChI=1S/C13H22N2OS/c1-11(13-15-7-9-17-13)16-8-3-5-12-4-2-6-14-10-12/h7,9,11-12,14H,2-6,8,10H2,1H3/t11-,12-/m0/s1.